The van der Waals surface area contributed by atoms with Gasteiger partial charge in [0.2, 0.25) is 0 Å². The summed E-state index contributed by atoms with van der Waals surface area (Å²) in [4.78, 5) is 22.5. The number of halogens is 1. The molecule has 1 unspecified atom stereocenters. The molecule has 8 nitrogen and oxygen atoms in total. The second kappa shape index (κ2) is 7.04. The Hall–Kier alpha value is -2.71. The molecule has 0 N–H and O–H groups in total. The van der Waals surface area contributed by atoms with Crippen LogP contribution in [-0.2, 0) is 11.2 Å². The van der Waals surface area contributed by atoms with Crippen molar-refractivity contribution in [3.8, 4) is 0 Å². The topological polar surface area (TPSA) is 98.8 Å². The van der Waals surface area contributed by atoms with Crippen molar-refractivity contribution >= 4 is 28.7 Å². The van der Waals surface area contributed by atoms with E-state index in [9.17, 15) is 20.2 Å². The maximum absolute atomic E-state index is 10.9. The Labute approximate surface area is 147 Å². The molecule has 25 heavy (non-hydrogen) atoms. The second-order valence-electron chi connectivity index (χ2n) is 5.66. The number of benzene rings is 2. The zero-order chi connectivity index (χ0) is 18.0. The minimum atomic E-state index is -0.467. The first-order chi connectivity index (χ1) is 11.9. The molecule has 0 aromatic heterocycles. The molecule has 9 heteroatoms. The summed E-state index contributed by atoms with van der Waals surface area (Å²) in [6.45, 7) is 0.802. The Morgan fingerprint density at radius 3 is 2.36 bits per heavy atom. The van der Waals surface area contributed by atoms with Crippen LogP contribution in [0.25, 0.3) is 0 Å². The smallest absolute Gasteiger partial charge is 0.271 e. The van der Waals surface area contributed by atoms with Crippen molar-refractivity contribution in [3.05, 3.63) is 73.3 Å². The van der Waals surface area contributed by atoms with Crippen molar-refractivity contribution in [2.45, 2.75) is 12.5 Å². The van der Waals surface area contributed by atoms with Gasteiger partial charge in [-0.05, 0) is 11.6 Å². The highest BCUT2D eigenvalue weighted by Crippen LogP contribution is 2.32. The number of nitrogens with zero attached hydrogens (tertiary/aromatic N) is 3. The van der Waals surface area contributed by atoms with Gasteiger partial charge in [0, 0.05) is 37.2 Å². The number of ether oxygens (including phenoxy) is 1. The molecule has 3 rings (SSSR count). The van der Waals surface area contributed by atoms with Gasteiger partial charge in [-0.3, -0.25) is 20.2 Å². The summed E-state index contributed by atoms with van der Waals surface area (Å²) in [6, 6.07) is 10.6. The van der Waals surface area contributed by atoms with Crippen molar-refractivity contribution in [2.75, 3.05) is 18.2 Å². The number of nitro groups is 2. The Kier molecular flexibility index (Phi) is 4.82. The summed E-state index contributed by atoms with van der Waals surface area (Å²) in [6.07, 6.45) is 0.456. The van der Waals surface area contributed by atoms with Gasteiger partial charge in [-0.1, -0.05) is 23.7 Å². The van der Waals surface area contributed by atoms with E-state index in [1.807, 2.05) is 4.90 Å². The quantitative estimate of drug-likeness (QED) is 0.595. The van der Waals surface area contributed by atoms with E-state index in [1.165, 1.54) is 30.3 Å². The highest BCUT2D eigenvalue weighted by Gasteiger charge is 2.26. The summed E-state index contributed by atoms with van der Waals surface area (Å²) in [7, 11) is 0. The van der Waals surface area contributed by atoms with Crippen molar-refractivity contribution in [1.82, 2.24) is 0 Å². The van der Waals surface area contributed by atoms with Crippen LogP contribution in [0, 0.1) is 20.2 Å². The maximum atomic E-state index is 10.9. The van der Waals surface area contributed by atoms with Crippen molar-refractivity contribution < 1.29 is 14.6 Å². The molecule has 130 valence electrons. The van der Waals surface area contributed by atoms with Crippen LogP contribution in [0.5, 0.6) is 0 Å². The average molecular weight is 364 g/mol. The standard InChI is InChI=1S/C16H14ClN3O5/c17-15-6-5-13(20(23)24)8-16(15)18-9-14(25-10-18)7-11-1-3-12(4-2-11)19(21)22/h1-6,8,14H,7,9-10H2. The van der Waals surface area contributed by atoms with E-state index in [0.717, 1.165) is 5.56 Å². The lowest BCUT2D eigenvalue weighted by Crippen LogP contribution is -2.22. The van der Waals surface area contributed by atoms with E-state index in [1.54, 1.807) is 12.1 Å². The second-order valence-corrected chi connectivity index (χ2v) is 6.07. The van der Waals surface area contributed by atoms with Crippen LogP contribution >= 0.6 is 11.6 Å². The van der Waals surface area contributed by atoms with Crippen LogP contribution in [0.15, 0.2) is 42.5 Å². The van der Waals surface area contributed by atoms with Crippen LogP contribution in [0.3, 0.4) is 0 Å². The lowest BCUT2D eigenvalue weighted by Gasteiger charge is -2.17. The van der Waals surface area contributed by atoms with Crippen molar-refractivity contribution in [1.29, 1.82) is 0 Å². The first kappa shape index (κ1) is 17.1. The van der Waals surface area contributed by atoms with E-state index < -0.39 is 9.85 Å². The molecular weight excluding hydrogens is 350 g/mol. The van der Waals surface area contributed by atoms with Gasteiger partial charge < -0.3 is 9.64 Å². The van der Waals surface area contributed by atoms with Gasteiger partial charge in [0.1, 0.15) is 6.73 Å². The molecule has 1 saturated heterocycles. The van der Waals surface area contributed by atoms with Crippen LogP contribution in [0.4, 0.5) is 17.1 Å². The van der Waals surface area contributed by atoms with E-state index >= 15 is 0 Å². The summed E-state index contributed by atoms with van der Waals surface area (Å²) < 4.78 is 5.72. The molecule has 0 amide bonds. The molecule has 0 saturated carbocycles. The molecule has 1 fully saturated rings. The maximum Gasteiger partial charge on any atom is 0.271 e. The molecular formula is C16H14ClN3O5. The molecule has 1 aliphatic heterocycles. The molecule has 0 spiro atoms. The molecule has 2 aromatic rings. The van der Waals surface area contributed by atoms with E-state index in [4.69, 9.17) is 16.3 Å². The molecule has 1 heterocycles. The number of rotatable bonds is 5. The molecule has 0 bridgehead atoms. The highest BCUT2D eigenvalue weighted by atomic mass is 35.5. The fraction of sp³-hybridized carbons (Fsp3) is 0.250. The third-order valence-electron chi connectivity index (χ3n) is 3.98. The van der Waals surface area contributed by atoms with Crippen LogP contribution in [0.2, 0.25) is 5.02 Å². The first-order valence-electron chi connectivity index (χ1n) is 7.48. The Bertz CT molecular complexity index is 812. The minimum Gasteiger partial charge on any atom is -0.356 e. The fourth-order valence-electron chi connectivity index (χ4n) is 2.71. The lowest BCUT2D eigenvalue weighted by atomic mass is 10.1. The number of anilines is 1. The summed E-state index contributed by atoms with van der Waals surface area (Å²) in [5, 5.41) is 22.0. The third-order valence-corrected chi connectivity index (χ3v) is 4.30. The molecule has 0 aliphatic carbocycles. The number of hydrogen-bond donors (Lipinski definition) is 0. The van der Waals surface area contributed by atoms with E-state index in [2.05, 4.69) is 0 Å². The molecule has 1 atom stereocenters. The molecule has 2 aromatic carbocycles. The predicted molar refractivity (Wildman–Crippen MR) is 92.0 cm³/mol. The molecule has 0 radical (unpaired) electrons. The van der Waals surface area contributed by atoms with Gasteiger partial charge in [-0.25, -0.2) is 0 Å². The summed E-state index contributed by atoms with van der Waals surface area (Å²) in [5.41, 5.74) is 1.49. The van der Waals surface area contributed by atoms with Gasteiger partial charge in [0.05, 0.1) is 26.7 Å². The number of nitro benzene ring substituents is 2. The number of non-ortho nitro benzene ring substituents is 2. The average Bonchev–Trinajstić information content (AvgIpc) is 3.03. The fourth-order valence-corrected chi connectivity index (χ4v) is 2.95. The Morgan fingerprint density at radius 2 is 1.72 bits per heavy atom. The Balaban J connectivity index is 1.68. The lowest BCUT2D eigenvalue weighted by molar-refractivity contribution is -0.385. The largest absolute Gasteiger partial charge is 0.356 e. The van der Waals surface area contributed by atoms with Crippen LogP contribution < -0.4 is 4.90 Å². The minimum absolute atomic E-state index is 0.0294. The summed E-state index contributed by atoms with van der Waals surface area (Å²) in [5.74, 6) is 0. The third kappa shape index (κ3) is 3.86. The van der Waals surface area contributed by atoms with Crippen LogP contribution in [0.1, 0.15) is 5.56 Å². The van der Waals surface area contributed by atoms with Crippen molar-refractivity contribution in [2.24, 2.45) is 0 Å². The number of hydrogen-bond acceptors (Lipinski definition) is 6. The van der Waals surface area contributed by atoms with Gasteiger partial charge in [-0.2, -0.15) is 0 Å². The van der Waals surface area contributed by atoms with Gasteiger partial charge in [-0.15, -0.1) is 0 Å². The Morgan fingerprint density at radius 1 is 1.08 bits per heavy atom. The zero-order valence-electron chi connectivity index (χ0n) is 13.0. The highest BCUT2D eigenvalue weighted by molar-refractivity contribution is 6.33. The van der Waals surface area contributed by atoms with Gasteiger partial charge in [0.25, 0.3) is 11.4 Å². The van der Waals surface area contributed by atoms with E-state index in [0.29, 0.717) is 23.7 Å². The van der Waals surface area contributed by atoms with Gasteiger partial charge >= 0.3 is 0 Å². The molecule has 1 aliphatic rings. The van der Waals surface area contributed by atoms with Crippen molar-refractivity contribution in [3.63, 3.8) is 0 Å². The zero-order valence-corrected chi connectivity index (χ0v) is 13.8. The monoisotopic (exact) mass is 363 g/mol. The summed E-state index contributed by atoms with van der Waals surface area (Å²) >= 11 is 6.15. The normalized spacial score (nSPS) is 16.8. The van der Waals surface area contributed by atoms with Crippen LogP contribution in [-0.4, -0.2) is 29.2 Å². The van der Waals surface area contributed by atoms with Gasteiger partial charge in [0.15, 0.2) is 0 Å². The van der Waals surface area contributed by atoms with E-state index in [-0.39, 0.29) is 24.2 Å². The first-order valence-corrected chi connectivity index (χ1v) is 7.85. The predicted octanol–water partition coefficient (Wildman–Crippen LogP) is 3.56. The SMILES string of the molecule is O=[N+]([O-])c1ccc(CC2CN(c3cc([N+](=O)[O-])ccc3Cl)CO2)cc1.